The summed E-state index contributed by atoms with van der Waals surface area (Å²) in [7, 11) is 0. The molecule has 1 N–H and O–H groups in total. The monoisotopic (exact) mass is 308 g/mol. The minimum atomic E-state index is -0.498. The fourth-order valence-electron chi connectivity index (χ4n) is 2.40. The van der Waals surface area contributed by atoms with Crippen LogP contribution in [0.5, 0.6) is 5.75 Å². The molecule has 1 heterocycles. The van der Waals surface area contributed by atoms with Crippen LogP contribution in [-0.4, -0.2) is 11.4 Å². The maximum atomic E-state index is 9.11. The molecule has 0 spiro atoms. The van der Waals surface area contributed by atoms with Gasteiger partial charge in [0.1, 0.15) is 17.2 Å². The number of nitrogens with one attached hydrogen (secondary N) is 1. The van der Waals surface area contributed by atoms with Crippen LogP contribution in [0.1, 0.15) is 51.2 Å². The maximum Gasteiger partial charge on any atom is 0.182 e. The molecule has 0 saturated carbocycles. The summed E-state index contributed by atoms with van der Waals surface area (Å²) in [6, 6.07) is 7.42. The Kier molecular flexibility index (Phi) is 5.03. The van der Waals surface area contributed by atoms with Crippen molar-refractivity contribution >= 4 is 11.5 Å². The molecule has 2 rings (SSSR count). The van der Waals surface area contributed by atoms with Crippen molar-refractivity contribution in [2.45, 2.75) is 45.6 Å². The zero-order valence-corrected chi connectivity index (χ0v) is 13.7. The van der Waals surface area contributed by atoms with Crippen molar-refractivity contribution in [1.29, 1.82) is 10.5 Å². The molecule has 23 heavy (non-hydrogen) atoms. The average molecular weight is 308 g/mol. The topological polar surface area (TPSA) is 81.2 Å². The highest BCUT2D eigenvalue weighted by Crippen LogP contribution is 2.37. The molecule has 1 aromatic carbocycles. The second kappa shape index (κ2) is 6.98. The SMILES string of the molecule is CCCCC(=NC1=CC(C)(C)Oc2ccc(C#N)cc21)NC#N. The van der Waals surface area contributed by atoms with Gasteiger partial charge in [0, 0.05) is 12.0 Å². The molecule has 1 aromatic rings. The molecule has 0 unspecified atom stereocenters. The molecule has 0 fully saturated rings. The third-order valence-corrected chi connectivity index (χ3v) is 3.46. The van der Waals surface area contributed by atoms with Gasteiger partial charge in [0.25, 0.3) is 0 Å². The summed E-state index contributed by atoms with van der Waals surface area (Å²) in [5.41, 5.74) is 1.55. The second-order valence-electron chi connectivity index (χ2n) is 5.96. The van der Waals surface area contributed by atoms with E-state index in [-0.39, 0.29) is 0 Å². The number of nitrogens with zero attached hydrogens (tertiary/aromatic N) is 3. The van der Waals surface area contributed by atoms with Gasteiger partial charge in [-0.3, -0.25) is 5.32 Å². The smallest absolute Gasteiger partial charge is 0.182 e. The highest BCUT2D eigenvalue weighted by molar-refractivity contribution is 5.90. The van der Waals surface area contributed by atoms with E-state index in [0.29, 0.717) is 23.6 Å². The van der Waals surface area contributed by atoms with Crippen LogP contribution in [0.4, 0.5) is 0 Å². The van der Waals surface area contributed by atoms with Gasteiger partial charge in [-0.2, -0.15) is 10.5 Å². The van der Waals surface area contributed by atoms with Gasteiger partial charge in [-0.05, 0) is 44.5 Å². The van der Waals surface area contributed by atoms with Crippen molar-refractivity contribution in [1.82, 2.24) is 5.32 Å². The standard InChI is InChI=1S/C18H20N4O/c1-4-5-6-17(21-12-20)22-15-10-18(2,3)23-16-8-7-13(11-19)9-14(15)16/h7-10H,4-6H2,1-3H3,(H,21,22). The Labute approximate surface area is 136 Å². The van der Waals surface area contributed by atoms with E-state index in [1.807, 2.05) is 26.1 Å². The molecule has 5 nitrogen and oxygen atoms in total. The Morgan fingerprint density at radius 3 is 2.78 bits per heavy atom. The summed E-state index contributed by atoms with van der Waals surface area (Å²) in [4.78, 5) is 4.63. The van der Waals surface area contributed by atoms with Gasteiger partial charge in [0.05, 0.1) is 17.3 Å². The fraction of sp³-hybridized carbons (Fsp3) is 0.389. The van der Waals surface area contributed by atoms with Crippen LogP contribution in [0.25, 0.3) is 5.70 Å². The van der Waals surface area contributed by atoms with E-state index < -0.39 is 5.60 Å². The van der Waals surface area contributed by atoms with Gasteiger partial charge in [0.15, 0.2) is 6.19 Å². The maximum absolute atomic E-state index is 9.11. The van der Waals surface area contributed by atoms with E-state index in [9.17, 15) is 0 Å². The van der Waals surface area contributed by atoms with Crippen molar-refractivity contribution in [2.75, 3.05) is 0 Å². The van der Waals surface area contributed by atoms with Crippen LogP contribution in [0.3, 0.4) is 0 Å². The number of unbranched alkanes of at least 4 members (excludes halogenated alkanes) is 1. The molecule has 1 aliphatic rings. The Bertz CT molecular complexity index is 732. The third-order valence-electron chi connectivity index (χ3n) is 3.46. The molecular formula is C18H20N4O. The van der Waals surface area contributed by atoms with Crippen LogP contribution in [0, 0.1) is 22.8 Å². The largest absolute Gasteiger partial charge is 0.483 e. The summed E-state index contributed by atoms with van der Waals surface area (Å²) < 4.78 is 5.93. The molecule has 0 radical (unpaired) electrons. The summed E-state index contributed by atoms with van der Waals surface area (Å²) in [6.07, 6.45) is 6.54. The summed E-state index contributed by atoms with van der Waals surface area (Å²) in [5.74, 6) is 1.33. The molecule has 5 heteroatoms. The average Bonchev–Trinajstić information content (AvgIpc) is 2.51. The minimum Gasteiger partial charge on any atom is -0.483 e. The molecule has 0 aromatic heterocycles. The van der Waals surface area contributed by atoms with Crippen LogP contribution < -0.4 is 10.1 Å². The lowest BCUT2D eigenvalue weighted by molar-refractivity contribution is 0.158. The van der Waals surface area contributed by atoms with Crippen molar-refractivity contribution in [2.24, 2.45) is 4.99 Å². The summed E-state index contributed by atoms with van der Waals surface area (Å²) in [6.45, 7) is 6.00. The number of nitriles is 2. The van der Waals surface area contributed by atoms with Crippen LogP contribution in [0.2, 0.25) is 0 Å². The van der Waals surface area contributed by atoms with E-state index in [1.165, 1.54) is 0 Å². The quantitative estimate of drug-likeness (QED) is 0.398. The zero-order valence-electron chi connectivity index (χ0n) is 13.7. The van der Waals surface area contributed by atoms with E-state index >= 15 is 0 Å². The van der Waals surface area contributed by atoms with Crippen molar-refractivity contribution in [3.05, 3.63) is 35.4 Å². The Morgan fingerprint density at radius 2 is 2.13 bits per heavy atom. The van der Waals surface area contributed by atoms with Crippen LogP contribution >= 0.6 is 0 Å². The van der Waals surface area contributed by atoms with Gasteiger partial charge >= 0.3 is 0 Å². The number of fused-ring (bicyclic) bond motifs is 1. The van der Waals surface area contributed by atoms with Gasteiger partial charge in [-0.1, -0.05) is 13.3 Å². The summed E-state index contributed by atoms with van der Waals surface area (Å²) >= 11 is 0. The van der Waals surface area contributed by atoms with Gasteiger partial charge in [-0.15, -0.1) is 0 Å². The van der Waals surface area contributed by atoms with E-state index in [2.05, 4.69) is 23.3 Å². The number of hydrogen-bond acceptors (Lipinski definition) is 4. The van der Waals surface area contributed by atoms with E-state index in [1.54, 1.807) is 18.2 Å². The number of benzene rings is 1. The van der Waals surface area contributed by atoms with Gasteiger partial charge in [0.2, 0.25) is 0 Å². The van der Waals surface area contributed by atoms with Gasteiger partial charge in [-0.25, -0.2) is 4.99 Å². The predicted molar refractivity (Wildman–Crippen MR) is 89.5 cm³/mol. The molecule has 118 valence electrons. The number of ether oxygens (including phenoxy) is 1. The lowest BCUT2D eigenvalue weighted by atomic mass is 9.98. The highest BCUT2D eigenvalue weighted by atomic mass is 16.5. The van der Waals surface area contributed by atoms with Crippen molar-refractivity contribution in [3.63, 3.8) is 0 Å². The molecule has 0 atom stereocenters. The van der Waals surface area contributed by atoms with E-state index in [0.717, 1.165) is 24.1 Å². The first-order valence-electron chi connectivity index (χ1n) is 7.68. The first-order chi connectivity index (χ1) is 11.0. The van der Waals surface area contributed by atoms with Crippen LogP contribution in [-0.2, 0) is 0 Å². The lowest BCUT2D eigenvalue weighted by Crippen LogP contribution is -2.29. The van der Waals surface area contributed by atoms with Gasteiger partial charge < -0.3 is 4.74 Å². The molecular weight excluding hydrogens is 288 g/mol. The lowest BCUT2D eigenvalue weighted by Gasteiger charge is -2.30. The Morgan fingerprint density at radius 1 is 1.35 bits per heavy atom. The highest BCUT2D eigenvalue weighted by Gasteiger charge is 2.27. The first kappa shape index (κ1) is 16.6. The van der Waals surface area contributed by atoms with Crippen molar-refractivity contribution < 1.29 is 4.74 Å². The normalized spacial score (nSPS) is 15.5. The number of hydrogen-bond donors (Lipinski definition) is 1. The fourth-order valence-corrected chi connectivity index (χ4v) is 2.40. The Balaban J connectivity index is 2.48. The molecule has 1 aliphatic heterocycles. The number of rotatable bonds is 4. The predicted octanol–water partition coefficient (Wildman–Crippen LogP) is 3.73. The molecule has 0 bridgehead atoms. The summed E-state index contributed by atoms with van der Waals surface area (Å²) in [5, 5.41) is 20.7. The second-order valence-corrected chi connectivity index (χ2v) is 5.96. The van der Waals surface area contributed by atoms with Crippen molar-refractivity contribution in [3.8, 4) is 18.0 Å². The molecule has 0 saturated heterocycles. The third kappa shape index (κ3) is 4.11. The van der Waals surface area contributed by atoms with E-state index in [4.69, 9.17) is 15.3 Å². The molecule has 0 aliphatic carbocycles. The zero-order chi connectivity index (χ0) is 16.9. The number of amidine groups is 1. The Hall–Kier alpha value is -2.79. The minimum absolute atomic E-state index is 0.498. The molecule has 0 amide bonds. The number of aliphatic imine (C=N–C) groups is 1. The van der Waals surface area contributed by atoms with Crippen LogP contribution in [0.15, 0.2) is 29.3 Å². The first-order valence-corrected chi connectivity index (χ1v) is 7.68.